The number of amides is 1. The molecule has 0 spiro atoms. The molecule has 3 heterocycles. The zero-order valence-electron chi connectivity index (χ0n) is 16.1. The average molecular weight is 419 g/mol. The standard InChI is InChI=1S/C19H22N4O3S2/c1-4-23-18(25)15-12-7-5-6-8-13(12)28-17(15)21-19(23)27-11(3)16(24)20-14-9-10(2)26-22-14/h9,11H,4-8H2,1-3H3,(H,20,22,24)/t11-/m1/s1. The van der Waals surface area contributed by atoms with E-state index in [1.165, 1.54) is 28.6 Å². The summed E-state index contributed by atoms with van der Waals surface area (Å²) in [6, 6.07) is 1.66. The zero-order chi connectivity index (χ0) is 19.8. The summed E-state index contributed by atoms with van der Waals surface area (Å²) in [4.78, 5) is 32.5. The van der Waals surface area contributed by atoms with Gasteiger partial charge in [0.05, 0.1) is 10.6 Å². The van der Waals surface area contributed by atoms with E-state index >= 15 is 0 Å². The number of hydrogen-bond acceptors (Lipinski definition) is 7. The fourth-order valence-electron chi connectivity index (χ4n) is 3.45. The predicted molar refractivity (Wildman–Crippen MR) is 111 cm³/mol. The van der Waals surface area contributed by atoms with Gasteiger partial charge in [-0.2, -0.15) is 0 Å². The Bertz CT molecular complexity index is 1100. The quantitative estimate of drug-likeness (QED) is 0.501. The van der Waals surface area contributed by atoms with Crippen LogP contribution in [-0.2, 0) is 24.2 Å². The Morgan fingerprint density at radius 2 is 2.21 bits per heavy atom. The molecule has 28 heavy (non-hydrogen) atoms. The second kappa shape index (κ2) is 7.71. The van der Waals surface area contributed by atoms with Crippen LogP contribution in [0.25, 0.3) is 10.2 Å². The molecule has 9 heteroatoms. The Balaban J connectivity index is 1.64. The Labute approximate surface area is 170 Å². The van der Waals surface area contributed by atoms with E-state index in [0.29, 0.717) is 23.3 Å². The molecule has 0 fully saturated rings. The number of carbonyl (C=O) groups excluding carboxylic acids is 1. The molecule has 0 saturated carbocycles. The third-order valence-corrected chi connectivity index (χ3v) is 7.16. The molecule has 1 atom stereocenters. The van der Waals surface area contributed by atoms with Crippen LogP contribution >= 0.6 is 23.1 Å². The van der Waals surface area contributed by atoms with Gasteiger partial charge in [0.1, 0.15) is 10.6 Å². The number of anilines is 1. The highest BCUT2D eigenvalue weighted by Crippen LogP contribution is 2.35. The lowest BCUT2D eigenvalue weighted by molar-refractivity contribution is -0.115. The molecule has 1 aliphatic rings. The number of aryl methyl sites for hydroxylation is 3. The fourth-order valence-corrected chi connectivity index (χ4v) is 5.73. The number of nitrogens with one attached hydrogen (secondary N) is 1. The van der Waals surface area contributed by atoms with Gasteiger partial charge in [-0.3, -0.25) is 14.2 Å². The zero-order valence-corrected chi connectivity index (χ0v) is 17.7. The normalized spacial score (nSPS) is 14.8. The fraction of sp³-hybridized carbons (Fsp3) is 0.474. The maximum atomic E-state index is 13.2. The molecule has 148 valence electrons. The second-order valence-corrected chi connectivity index (χ2v) is 9.30. The Hall–Kier alpha value is -2.13. The predicted octanol–water partition coefficient (Wildman–Crippen LogP) is 3.77. The number of rotatable bonds is 5. The molecule has 1 aliphatic carbocycles. The summed E-state index contributed by atoms with van der Waals surface area (Å²) in [5, 5.41) is 7.44. The van der Waals surface area contributed by atoms with Crippen LogP contribution in [0, 0.1) is 6.92 Å². The van der Waals surface area contributed by atoms with Crippen molar-refractivity contribution in [2.45, 2.75) is 63.4 Å². The third kappa shape index (κ3) is 3.48. The van der Waals surface area contributed by atoms with E-state index < -0.39 is 5.25 Å². The molecule has 3 aromatic heterocycles. The number of nitrogens with zero attached hydrogens (tertiary/aromatic N) is 3. The van der Waals surface area contributed by atoms with Crippen LogP contribution in [-0.4, -0.2) is 25.9 Å². The second-order valence-electron chi connectivity index (χ2n) is 6.91. The Morgan fingerprint density at radius 3 is 2.93 bits per heavy atom. The van der Waals surface area contributed by atoms with Crippen molar-refractivity contribution in [2.24, 2.45) is 0 Å². The number of thiophene rings is 1. The average Bonchev–Trinajstić information content (AvgIpc) is 3.24. The van der Waals surface area contributed by atoms with E-state index in [0.717, 1.165) is 29.5 Å². The van der Waals surface area contributed by atoms with Gasteiger partial charge in [-0.05, 0) is 52.0 Å². The highest BCUT2D eigenvalue weighted by molar-refractivity contribution is 8.00. The summed E-state index contributed by atoms with van der Waals surface area (Å²) in [5.74, 6) is 0.808. The van der Waals surface area contributed by atoms with Crippen molar-refractivity contribution >= 4 is 45.0 Å². The topological polar surface area (TPSA) is 90.0 Å². The van der Waals surface area contributed by atoms with Crippen LogP contribution in [0.1, 0.15) is 42.9 Å². The number of carbonyl (C=O) groups is 1. The molecule has 0 unspecified atom stereocenters. The summed E-state index contributed by atoms with van der Waals surface area (Å²) < 4.78 is 6.65. The van der Waals surface area contributed by atoms with Gasteiger partial charge in [0, 0.05) is 17.5 Å². The van der Waals surface area contributed by atoms with Gasteiger partial charge in [0.25, 0.3) is 5.56 Å². The first-order valence-corrected chi connectivity index (χ1v) is 11.1. The number of aromatic nitrogens is 3. The highest BCUT2D eigenvalue weighted by Gasteiger charge is 2.24. The van der Waals surface area contributed by atoms with E-state index in [1.54, 1.807) is 35.8 Å². The summed E-state index contributed by atoms with van der Waals surface area (Å²) in [6.45, 7) is 6.01. The molecule has 0 radical (unpaired) electrons. The summed E-state index contributed by atoms with van der Waals surface area (Å²) >= 11 is 2.92. The van der Waals surface area contributed by atoms with Gasteiger partial charge in [-0.15, -0.1) is 11.3 Å². The van der Waals surface area contributed by atoms with Crippen LogP contribution in [0.2, 0.25) is 0 Å². The highest BCUT2D eigenvalue weighted by atomic mass is 32.2. The summed E-state index contributed by atoms with van der Waals surface area (Å²) in [7, 11) is 0. The lowest BCUT2D eigenvalue weighted by atomic mass is 9.97. The third-order valence-electron chi connectivity index (χ3n) is 4.89. The number of fused-ring (bicyclic) bond motifs is 3. The maximum Gasteiger partial charge on any atom is 0.263 e. The Kier molecular flexibility index (Phi) is 5.29. The first-order chi connectivity index (χ1) is 13.5. The van der Waals surface area contributed by atoms with Crippen molar-refractivity contribution in [3.63, 3.8) is 0 Å². The van der Waals surface area contributed by atoms with Crippen LogP contribution in [0.15, 0.2) is 20.5 Å². The van der Waals surface area contributed by atoms with E-state index in [1.807, 2.05) is 6.92 Å². The van der Waals surface area contributed by atoms with Crippen molar-refractivity contribution in [2.75, 3.05) is 5.32 Å². The molecular formula is C19H22N4O3S2. The van der Waals surface area contributed by atoms with Crippen LogP contribution in [0.4, 0.5) is 5.82 Å². The summed E-state index contributed by atoms with van der Waals surface area (Å²) in [5.41, 5.74) is 1.20. The molecule has 7 nitrogen and oxygen atoms in total. The van der Waals surface area contributed by atoms with Gasteiger partial charge < -0.3 is 9.84 Å². The van der Waals surface area contributed by atoms with Gasteiger partial charge in [0.15, 0.2) is 11.0 Å². The summed E-state index contributed by atoms with van der Waals surface area (Å²) in [6.07, 6.45) is 4.28. The van der Waals surface area contributed by atoms with Gasteiger partial charge in [0.2, 0.25) is 5.91 Å². The molecule has 1 amide bonds. The first-order valence-electron chi connectivity index (χ1n) is 9.43. The smallest absolute Gasteiger partial charge is 0.263 e. The van der Waals surface area contributed by atoms with Gasteiger partial charge in [-0.1, -0.05) is 16.9 Å². The first kappa shape index (κ1) is 19.2. The largest absolute Gasteiger partial charge is 0.360 e. The van der Waals surface area contributed by atoms with Crippen molar-refractivity contribution in [3.05, 3.63) is 32.6 Å². The molecule has 0 bridgehead atoms. The Morgan fingerprint density at radius 1 is 1.43 bits per heavy atom. The van der Waals surface area contributed by atoms with Crippen molar-refractivity contribution in [1.29, 1.82) is 0 Å². The van der Waals surface area contributed by atoms with Crippen LogP contribution in [0.3, 0.4) is 0 Å². The van der Waals surface area contributed by atoms with Gasteiger partial charge in [-0.25, -0.2) is 4.98 Å². The number of hydrogen-bond donors (Lipinski definition) is 1. The van der Waals surface area contributed by atoms with Crippen molar-refractivity contribution in [3.8, 4) is 0 Å². The monoisotopic (exact) mass is 418 g/mol. The SMILES string of the molecule is CCn1c(S[C@H](C)C(=O)Nc2cc(C)on2)nc2sc3c(c2c1=O)CCCC3. The van der Waals surface area contributed by atoms with E-state index in [2.05, 4.69) is 10.5 Å². The number of thioether (sulfide) groups is 1. The molecular weight excluding hydrogens is 396 g/mol. The molecule has 1 N–H and O–H groups in total. The van der Waals surface area contributed by atoms with Crippen LogP contribution in [0.5, 0.6) is 0 Å². The van der Waals surface area contributed by atoms with E-state index in [9.17, 15) is 9.59 Å². The minimum atomic E-state index is -0.436. The molecule has 0 saturated heterocycles. The molecule has 4 rings (SSSR count). The minimum absolute atomic E-state index is 0.00846. The van der Waals surface area contributed by atoms with E-state index in [-0.39, 0.29) is 11.5 Å². The van der Waals surface area contributed by atoms with Crippen molar-refractivity contribution in [1.82, 2.24) is 14.7 Å². The molecule has 3 aromatic rings. The molecule has 0 aliphatic heterocycles. The maximum absolute atomic E-state index is 13.2. The minimum Gasteiger partial charge on any atom is -0.360 e. The van der Waals surface area contributed by atoms with Crippen molar-refractivity contribution < 1.29 is 9.32 Å². The van der Waals surface area contributed by atoms with Gasteiger partial charge >= 0.3 is 0 Å². The lowest BCUT2D eigenvalue weighted by Gasteiger charge is -2.14. The van der Waals surface area contributed by atoms with Crippen LogP contribution < -0.4 is 10.9 Å². The van der Waals surface area contributed by atoms with E-state index in [4.69, 9.17) is 9.51 Å². The molecule has 0 aromatic carbocycles. The lowest BCUT2D eigenvalue weighted by Crippen LogP contribution is -2.26.